The van der Waals surface area contributed by atoms with Crippen LogP contribution in [0.3, 0.4) is 0 Å². The Kier molecular flexibility index (Phi) is 7.09. The number of ether oxygens (including phenoxy) is 3. The summed E-state index contributed by atoms with van der Waals surface area (Å²) in [5.41, 5.74) is 1.74. The van der Waals surface area contributed by atoms with Gasteiger partial charge in [-0.15, -0.1) is 0 Å². The fourth-order valence-corrected chi connectivity index (χ4v) is 2.59. The van der Waals surface area contributed by atoms with Crippen LogP contribution in [0.2, 0.25) is 0 Å². The van der Waals surface area contributed by atoms with Crippen LogP contribution in [-0.4, -0.2) is 26.7 Å². The summed E-state index contributed by atoms with van der Waals surface area (Å²) in [6.45, 7) is 4.41. The Hall–Kier alpha value is -2.95. The molecule has 0 fully saturated rings. The molecule has 0 bridgehead atoms. The first-order chi connectivity index (χ1) is 12.6. The molecule has 0 aromatic heterocycles. The van der Waals surface area contributed by atoms with Crippen molar-refractivity contribution in [1.82, 2.24) is 5.32 Å². The van der Waals surface area contributed by atoms with Gasteiger partial charge in [-0.05, 0) is 38.1 Å². The van der Waals surface area contributed by atoms with E-state index in [0.29, 0.717) is 18.1 Å². The third kappa shape index (κ3) is 5.02. The Bertz CT molecular complexity index is 770. The van der Waals surface area contributed by atoms with Gasteiger partial charge in [-0.3, -0.25) is 4.79 Å². The van der Waals surface area contributed by atoms with E-state index in [1.807, 2.05) is 50.2 Å². The molecule has 0 saturated heterocycles. The highest BCUT2D eigenvalue weighted by Gasteiger charge is 2.14. The Morgan fingerprint density at radius 1 is 1.12 bits per heavy atom. The molecule has 138 valence electrons. The topological polar surface area (TPSA) is 56.8 Å². The van der Waals surface area contributed by atoms with Gasteiger partial charge in [0.15, 0.2) is 0 Å². The minimum atomic E-state index is -0.213. The van der Waals surface area contributed by atoms with Gasteiger partial charge in [0.25, 0.3) is 0 Å². The average Bonchev–Trinajstić information content (AvgIpc) is 2.66. The van der Waals surface area contributed by atoms with Crippen molar-refractivity contribution >= 4 is 12.0 Å². The van der Waals surface area contributed by atoms with Crippen LogP contribution in [0.15, 0.2) is 48.5 Å². The zero-order valence-electron chi connectivity index (χ0n) is 15.6. The summed E-state index contributed by atoms with van der Waals surface area (Å²) in [4.78, 5) is 12.3. The molecule has 26 heavy (non-hydrogen) atoms. The molecule has 2 rings (SSSR count). The van der Waals surface area contributed by atoms with Crippen LogP contribution in [-0.2, 0) is 4.79 Å². The van der Waals surface area contributed by atoms with Crippen LogP contribution in [0.5, 0.6) is 17.2 Å². The SMILES string of the molecule is CCOc1ccccc1/C=C/C(=O)NC(C)c1ccc(OC)cc1OC. The Morgan fingerprint density at radius 2 is 1.88 bits per heavy atom. The second kappa shape index (κ2) is 9.51. The van der Waals surface area contributed by atoms with Crippen molar-refractivity contribution in [3.8, 4) is 17.2 Å². The number of hydrogen-bond donors (Lipinski definition) is 1. The maximum absolute atomic E-state index is 12.3. The molecular formula is C21H25NO4. The van der Waals surface area contributed by atoms with Gasteiger partial charge in [0.05, 0.1) is 26.9 Å². The Balaban J connectivity index is 2.08. The van der Waals surface area contributed by atoms with Gasteiger partial charge in [0.2, 0.25) is 5.91 Å². The second-order valence-corrected chi connectivity index (χ2v) is 5.64. The van der Waals surface area contributed by atoms with Gasteiger partial charge in [0.1, 0.15) is 17.2 Å². The maximum atomic E-state index is 12.3. The van der Waals surface area contributed by atoms with E-state index in [2.05, 4.69) is 5.32 Å². The minimum absolute atomic E-state index is 0.193. The summed E-state index contributed by atoms with van der Waals surface area (Å²) in [5.74, 6) is 1.94. The molecule has 0 saturated carbocycles. The number of benzene rings is 2. The highest BCUT2D eigenvalue weighted by molar-refractivity contribution is 5.92. The first kappa shape index (κ1) is 19.4. The first-order valence-corrected chi connectivity index (χ1v) is 8.51. The standard InChI is InChI=1S/C21H25NO4/c1-5-26-19-9-7-6-8-16(19)10-13-21(23)22-15(2)18-12-11-17(24-3)14-20(18)25-4/h6-15H,5H2,1-4H3,(H,22,23)/b13-10+. The largest absolute Gasteiger partial charge is 0.497 e. The van der Waals surface area contributed by atoms with Gasteiger partial charge in [-0.1, -0.05) is 18.2 Å². The highest BCUT2D eigenvalue weighted by atomic mass is 16.5. The van der Waals surface area contributed by atoms with Crippen molar-refractivity contribution in [2.75, 3.05) is 20.8 Å². The smallest absolute Gasteiger partial charge is 0.244 e. The number of methoxy groups -OCH3 is 2. The van der Waals surface area contributed by atoms with Crippen LogP contribution in [0.1, 0.15) is 31.0 Å². The molecule has 0 aliphatic heterocycles. The first-order valence-electron chi connectivity index (χ1n) is 8.51. The van der Waals surface area contributed by atoms with Gasteiger partial charge in [0, 0.05) is 23.3 Å². The molecule has 1 unspecified atom stereocenters. The number of carbonyl (C=O) groups excluding carboxylic acids is 1. The van der Waals surface area contributed by atoms with Crippen LogP contribution in [0, 0.1) is 0 Å². The van der Waals surface area contributed by atoms with E-state index >= 15 is 0 Å². The lowest BCUT2D eigenvalue weighted by atomic mass is 10.1. The normalized spacial score (nSPS) is 11.8. The molecule has 1 N–H and O–H groups in total. The predicted octanol–water partition coefficient (Wildman–Crippen LogP) is 3.99. The van der Waals surface area contributed by atoms with Crippen LogP contribution >= 0.6 is 0 Å². The lowest BCUT2D eigenvalue weighted by molar-refractivity contribution is -0.117. The van der Waals surface area contributed by atoms with Crippen LogP contribution in [0.4, 0.5) is 0 Å². The van der Waals surface area contributed by atoms with Crippen LogP contribution in [0.25, 0.3) is 6.08 Å². The van der Waals surface area contributed by atoms with E-state index in [1.165, 1.54) is 6.08 Å². The van der Waals surface area contributed by atoms with Crippen molar-refractivity contribution in [3.63, 3.8) is 0 Å². The van der Waals surface area contributed by atoms with E-state index in [0.717, 1.165) is 16.9 Å². The third-order valence-corrected chi connectivity index (χ3v) is 3.90. The molecule has 1 atom stereocenters. The Labute approximate surface area is 154 Å². The number of hydrogen-bond acceptors (Lipinski definition) is 4. The van der Waals surface area contributed by atoms with E-state index in [-0.39, 0.29) is 11.9 Å². The predicted molar refractivity (Wildman–Crippen MR) is 103 cm³/mol. The molecule has 2 aromatic carbocycles. The quantitative estimate of drug-likeness (QED) is 0.728. The van der Waals surface area contributed by atoms with E-state index in [4.69, 9.17) is 14.2 Å². The average molecular weight is 355 g/mol. The van der Waals surface area contributed by atoms with E-state index < -0.39 is 0 Å². The number of amides is 1. The summed E-state index contributed by atoms with van der Waals surface area (Å²) in [6, 6.07) is 12.9. The van der Waals surface area contributed by atoms with Crippen molar-refractivity contribution in [3.05, 3.63) is 59.7 Å². The number of rotatable bonds is 8. The lowest BCUT2D eigenvalue weighted by Gasteiger charge is -2.17. The van der Waals surface area contributed by atoms with Gasteiger partial charge in [-0.25, -0.2) is 0 Å². The molecule has 0 radical (unpaired) electrons. The van der Waals surface area contributed by atoms with Crippen molar-refractivity contribution in [1.29, 1.82) is 0 Å². The van der Waals surface area contributed by atoms with Crippen molar-refractivity contribution < 1.29 is 19.0 Å². The molecule has 0 aliphatic carbocycles. The monoisotopic (exact) mass is 355 g/mol. The molecule has 5 nitrogen and oxygen atoms in total. The summed E-state index contributed by atoms with van der Waals surface area (Å²) in [6.07, 6.45) is 3.25. The second-order valence-electron chi connectivity index (χ2n) is 5.64. The molecule has 0 spiro atoms. The zero-order valence-corrected chi connectivity index (χ0v) is 15.6. The van der Waals surface area contributed by atoms with Gasteiger partial charge >= 0.3 is 0 Å². The van der Waals surface area contributed by atoms with E-state index in [1.54, 1.807) is 26.4 Å². The molecule has 2 aromatic rings. The third-order valence-electron chi connectivity index (χ3n) is 3.90. The molecule has 0 aliphatic rings. The maximum Gasteiger partial charge on any atom is 0.244 e. The fraction of sp³-hybridized carbons (Fsp3) is 0.286. The zero-order chi connectivity index (χ0) is 18.9. The number of carbonyl (C=O) groups is 1. The summed E-state index contributed by atoms with van der Waals surface area (Å²) >= 11 is 0. The molecular weight excluding hydrogens is 330 g/mol. The van der Waals surface area contributed by atoms with Gasteiger partial charge in [-0.2, -0.15) is 0 Å². The minimum Gasteiger partial charge on any atom is -0.497 e. The lowest BCUT2D eigenvalue weighted by Crippen LogP contribution is -2.25. The fourth-order valence-electron chi connectivity index (χ4n) is 2.59. The van der Waals surface area contributed by atoms with Crippen LogP contribution < -0.4 is 19.5 Å². The highest BCUT2D eigenvalue weighted by Crippen LogP contribution is 2.29. The molecule has 1 amide bonds. The van der Waals surface area contributed by atoms with E-state index in [9.17, 15) is 4.79 Å². The van der Waals surface area contributed by atoms with Crippen molar-refractivity contribution in [2.24, 2.45) is 0 Å². The molecule has 0 heterocycles. The number of para-hydroxylation sites is 1. The summed E-state index contributed by atoms with van der Waals surface area (Å²) < 4.78 is 16.2. The van der Waals surface area contributed by atoms with Crippen molar-refractivity contribution in [2.45, 2.75) is 19.9 Å². The summed E-state index contributed by atoms with van der Waals surface area (Å²) in [7, 11) is 3.20. The van der Waals surface area contributed by atoms with Gasteiger partial charge < -0.3 is 19.5 Å². The Morgan fingerprint density at radius 3 is 2.58 bits per heavy atom. The molecule has 5 heteroatoms. The summed E-state index contributed by atoms with van der Waals surface area (Å²) in [5, 5.41) is 2.94. The number of nitrogens with one attached hydrogen (secondary N) is 1.